The highest BCUT2D eigenvalue weighted by Gasteiger charge is 2.55. The lowest BCUT2D eigenvalue weighted by atomic mass is 9.84. The molecule has 2 aliphatic rings. The quantitative estimate of drug-likeness (QED) is 0.490. The number of aromatic nitrogens is 3. The van der Waals surface area contributed by atoms with E-state index in [1.54, 1.807) is 29.7 Å². The highest BCUT2D eigenvalue weighted by Crippen LogP contribution is 2.53. The third-order valence-electron chi connectivity index (χ3n) is 6.61. The molecule has 2 aromatic heterocycles. The van der Waals surface area contributed by atoms with E-state index in [1.807, 2.05) is 6.20 Å². The summed E-state index contributed by atoms with van der Waals surface area (Å²) < 4.78 is 59.3. The molecule has 5 rings (SSSR count). The number of carbonyl (C=O) groups is 2. The Hall–Kier alpha value is -3.74. The van der Waals surface area contributed by atoms with E-state index in [-0.39, 0.29) is 22.4 Å². The highest BCUT2D eigenvalue weighted by atomic mass is 19.4. The van der Waals surface area contributed by atoms with Crippen LogP contribution in [0.3, 0.4) is 0 Å². The molecular weight excluding hydrogens is 500 g/mol. The minimum absolute atomic E-state index is 0.0329. The Kier molecular flexibility index (Phi) is 6.61. The first-order valence-corrected chi connectivity index (χ1v) is 11.2. The van der Waals surface area contributed by atoms with Crippen molar-refractivity contribution >= 4 is 23.3 Å². The molecule has 0 spiro atoms. The topological polar surface area (TPSA) is 115 Å². The number of anilines is 1. The molecule has 9 nitrogen and oxygen atoms in total. The van der Waals surface area contributed by atoms with Gasteiger partial charge in [-0.2, -0.15) is 18.2 Å². The summed E-state index contributed by atoms with van der Waals surface area (Å²) in [5, 5.41) is 9.79. The Balaban J connectivity index is 0.000000405. The maximum absolute atomic E-state index is 14.3. The zero-order chi connectivity index (χ0) is 27.2. The Morgan fingerprint density at radius 3 is 2.46 bits per heavy atom. The fourth-order valence-electron chi connectivity index (χ4n) is 4.68. The second-order valence-electron chi connectivity index (χ2n) is 9.38. The number of aryl methyl sites for hydroxylation is 1. The van der Waals surface area contributed by atoms with Crippen LogP contribution in [-0.4, -0.2) is 56.8 Å². The Morgan fingerprint density at radius 1 is 1.22 bits per heavy atom. The number of halogens is 4. The lowest BCUT2D eigenvalue weighted by Crippen LogP contribution is -2.26. The summed E-state index contributed by atoms with van der Waals surface area (Å²) >= 11 is 0. The lowest BCUT2D eigenvalue weighted by Gasteiger charge is -2.24. The average Bonchev–Trinajstić information content (AvgIpc) is 3.51. The van der Waals surface area contributed by atoms with Gasteiger partial charge in [0.05, 0.1) is 36.8 Å². The number of amides is 1. The first kappa shape index (κ1) is 26.3. The smallest absolute Gasteiger partial charge is 0.478 e. The van der Waals surface area contributed by atoms with Crippen molar-refractivity contribution in [2.24, 2.45) is 0 Å². The van der Waals surface area contributed by atoms with Crippen molar-refractivity contribution in [1.82, 2.24) is 14.4 Å². The van der Waals surface area contributed by atoms with Gasteiger partial charge in [-0.1, -0.05) is 12.1 Å². The van der Waals surface area contributed by atoms with Gasteiger partial charge in [-0.15, -0.1) is 0 Å². The van der Waals surface area contributed by atoms with Gasteiger partial charge < -0.3 is 19.9 Å². The number of methoxy groups -OCH3 is 1. The number of nitrogens with one attached hydrogen (secondary N) is 1. The molecule has 1 saturated heterocycles. The van der Waals surface area contributed by atoms with Gasteiger partial charge in [-0.05, 0) is 44.7 Å². The van der Waals surface area contributed by atoms with Gasteiger partial charge in [0, 0.05) is 11.6 Å². The standard InChI is InChI=1S/C22H23FN4O3.C2HF3O2/c1-13-5-4-6-14(17(13)23)19(28)25-16-10-27-9-15(24-18(27)20(26-16)29-3)22-8-7-21(2,11-22)30-12-22;3-2(4,5)1(6)7/h4-6,9-10H,7-8,11-12H2,1-3H3,(H,25,28);(H,6,7). The highest BCUT2D eigenvalue weighted by molar-refractivity contribution is 6.04. The van der Waals surface area contributed by atoms with E-state index in [4.69, 9.17) is 24.4 Å². The number of hydrogen-bond acceptors (Lipinski definition) is 6. The van der Waals surface area contributed by atoms with E-state index in [0.717, 1.165) is 25.0 Å². The van der Waals surface area contributed by atoms with E-state index < -0.39 is 23.9 Å². The van der Waals surface area contributed by atoms with Gasteiger partial charge in [-0.3, -0.25) is 9.20 Å². The summed E-state index contributed by atoms with van der Waals surface area (Å²) in [4.78, 5) is 30.6. The number of alkyl halides is 3. The molecule has 2 N–H and O–H groups in total. The van der Waals surface area contributed by atoms with Crippen LogP contribution >= 0.6 is 0 Å². The van der Waals surface area contributed by atoms with Gasteiger partial charge >= 0.3 is 12.1 Å². The summed E-state index contributed by atoms with van der Waals surface area (Å²) in [7, 11) is 1.51. The summed E-state index contributed by atoms with van der Waals surface area (Å²) in [5.41, 5.74) is 1.72. The van der Waals surface area contributed by atoms with E-state index in [2.05, 4.69) is 17.2 Å². The SMILES string of the molecule is COc1nc(NC(=O)c2cccc(C)c2F)cn2cc(C34CCC(C)(C3)OC4)nc12.O=C(O)C(F)(F)F. The zero-order valence-corrected chi connectivity index (χ0v) is 20.1. The van der Waals surface area contributed by atoms with Crippen LogP contribution in [0, 0.1) is 12.7 Å². The third-order valence-corrected chi connectivity index (χ3v) is 6.61. The maximum Gasteiger partial charge on any atom is 0.490 e. The molecule has 1 aliphatic heterocycles. The fraction of sp³-hybridized carbons (Fsp3) is 0.417. The Morgan fingerprint density at radius 2 is 1.92 bits per heavy atom. The van der Waals surface area contributed by atoms with Gasteiger partial charge in [-0.25, -0.2) is 14.2 Å². The Bertz CT molecular complexity index is 1360. The first-order valence-electron chi connectivity index (χ1n) is 11.2. The van der Waals surface area contributed by atoms with Gasteiger partial charge in [0.15, 0.2) is 5.82 Å². The van der Waals surface area contributed by atoms with Crippen LogP contribution in [0.15, 0.2) is 30.6 Å². The predicted molar refractivity (Wildman–Crippen MR) is 122 cm³/mol. The second-order valence-corrected chi connectivity index (χ2v) is 9.38. The normalized spacial score (nSPS) is 22.5. The number of hydrogen-bond donors (Lipinski definition) is 2. The van der Waals surface area contributed by atoms with Crippen molar-refractivity contribution in [3.8, 4) is 5.88 Å². The number of aliphatic carboxylic acids is 1. The molecule has 2 unspecified atom stereocenters. The van der Waals surface area contributed by atoms with Crippen LogP contribution in [0.2, 0.25) is 0 Å². The van der Waals surface area contributed by atoms with Crippen molar-refractivity contribution in [2.75, 3.05) is 19.0 Å². The van der Waals surface area contributed by atoms with Crippen LogP contribution in [-0.2, 0) is 14.9 Å². The van der Waals surface area contributed by atoms with Crippen molar-refractivity contribution < 1.29 is 41.7 Å². The molecule has 1 aromatic carbocycles. The molecule has 2 atom stereocenters. The van der Waals surface area contributed by atoms with Crippen molar-refractivity contribution in [1.29, 1.82) is 0 Å². The number of imidazole rings is 1. The number of rotatable bonds is 4. The third kappa shape index (κ3) is 5.08. The molecule has 1 saturated carbocycles. The summed E-state index contributed by atoms with van der Waals surface area (Å²) in [6.45, 7) is 4.42. The van der Waals surface area contributed by atoms with Gasteiger partial charge in [0.2, 0.25) is 5.65 Å². The second kappa shape index (κ2) is 9.29. The molecule has 1 aliphatic carbocycles. The van der Waals surface area contributed by atoms with Crippen LogP contribution in [0.25, 0.3) is 5.65 Å². The van der Waals surface area contributed by atoms with E-state index >= 15 is 0 Å². The van der Waals surface area contributed by atoms with Gasteiger partial charge in [0.1, 0.15) is 5.82 Å². The molecule has 37 heavy (non-hydrogen) atoms. The largest absolute Gasteiger partial charge is 0.490 e. The summed E-state index contributed by atoms with van der Waals surface area (Å²) in [5.74, 6) is -3.32. The number of carboxylic acids is 1. The fourth-order valence-corrected chi connectivity index (χ4v) is 4.68. The van der Waals surface area contributed by atoms with Crippen LogP contribution in [0.5, 0.6) is 5.88 Å². The zero-order valence-electron chi connectivity index (χ0n) is 20.1. The van der Waals surface area contributed by atoms with Crippen molar-refractivity contribution in [3.63, 3.8) is 0 Å². The predicted octanol–water partition coefficient (Wildman–Crippen LogP) is 4.28. The number of benzene rings is 1. The average molecular weight is 524 g/mol. The van der Waals surface area contributed by atoms with Crippen LogP contribution < -0.4 is 10.1 Å². The molecular formula is C24H24F4N4O5. The number of fused-ring (bicyclic) bond motifs is 3. The number of carboxylic acid groups (broad SMARTS) is 1. The first-order chi connectivity index (χ1) is 17.3. The maximum atomic E-state index is 14.3. The molecule has 2 bridgehead atoms. The number of nitrogens with zero attached hydrogens (tertiary/aromatic N) is 3. The minimum Gasteiger partial charge on any atom is -0.478 e. The van der Waals surface area contributed by atoms with E-state index in [1.165, 1.54) is 13.2 Å². The lowest BCUT2D eigenvalue weighted by molar-refractivity contribution is -0.192. The van der Waals surface area contributed by atoms with Crippen LogP contribution in [0.4, 0.5) is 23.4 Å². The molecule has 13 heteroatoms. The van der Waals surface area contributed by atoms with Crippen molar-refractivity contribution in [3.05, 3.63) is 53.2 Å². The molecule has 0 radical (unpaired) electrons. The molecule has 2 fully saturated rings. The summed E-state index contributed by atoms with van der Waals surface area (Å²) in [6, 6.07) is 4.71. The van der Waals surface area contributed by atoms with E-state index in [0.29, 0.717) is 23.7 Å². The molecule has 1 amide bonds. The molecule has 198 valence electrons. The Labute approximate surface area is 208 Å². The van der Waals surface area contributed by atoms with Gasteiger partial charge in [0.25, 0.3) is 11.8 Å². The number of carbonyl (C=O) groups excluding carboxylic acids is 1. The van der Waals surface area contributed by atoms with E-state index in [9.17, 15) is 22.4 Å². The monoisotopic (exact) mass is 524 g/mol. The number of ether oxygens (including phenoxy) is 2. The summed E-state index contributed by atoms with van der Waals surface area (Å²) in [6.07, 6.45) is 1.51. The molecule has 3 heterocycles. The minimum atomic E-state index is -5.08. The molecule has 3 aromatic rings. The van der Waals surface area contributed by atoms with Crippen LogP contribution in [0.1, 0.15) is 47.8 Å². The van der Waals surface area contributed by atoms with Crippen molar-refractivity contribution in [2.45, 2.75) is 50.3 Å².